The number of para-hydroxylation sites is 1. The van der Waals surface area contributed by atoms with Crippen LogP contribution in [0.5, 0.6) is 11.5 Å². The molecule has 0 spiro atoms. The normalized spacial score (nSPS) is 13.8. The van der Waals surface area contributed by atoms with E-state index in [1.807, 2.05) is 67.7 Å². The molecule has 5 nitrogen and oxygen atoms in total. The summed E-state index contributed by atoms with van der Waals surface area (Å²) in [5.74, 6) is 1.33. The van der Waals surface area contributed by atoms with Crippen LogP contribution in [0.1, 0.15) is 22.8 Å². The number of aromatic nitrogens is 2. The Bertz CT molecular complexity index is 1330. The SMILES string of the molecule is CCOc1ccc(-c2nn(-c3ccccc3)cc2/C=C2\Oc3ccc(Cl)cc3C2=O)cc1. The van der Waals surface area contributed by atoms with Crippen molar-refractivity contribution in [2.24, 2.45) is 0 Å². The molecule has 0 unspecified atom stereocenters. The molecule has 6 heteroatoms. The van der Waals surface area contributed by atoms with Gasteiger partial charge in [-0.3, -0.25) is 4.79 Å². The molecule has 0 atom stereocenters. The molecule has 0 saturated heterocycles. The number of halogens is 1. The van der Waals surface area contributed by atoms with E-state index in [2.05, 4.69) is 0 Å². The van der Waals surface area contributed by atoms with Crippen LogP contribution in [0.25, 0.3) is 23.0 Å². The number of ether oxygens (including phenoxy) is 2. The molecule has 1 aliphatic heterocycles. The molecule has 32 heavy (non-hydrogen) atoms. The van der Waals surface area contributed by atoms with Crippen molar-refractivity contribution in [3.63, 3.8) is 0 Å². The Balaban J connectivity index is 1.59. The van der Waals surface area contributed by atoms with Crippen molar-refractivity contribution in [3.8, 4) is 28.4 Å². The summed E-state index contributed by atoms with van der Waals surface area (Å²) in [5, 5.41) is 5.29. The van der Waals surface area contributed by atoms with Crippen molar-refractivity contribution < 1.29 is 14.3 Å². The number of Topliss-reactive ketones (excluding diaryl/α,β-unsaturated/α-hetero) is 1. The Morgan fingerprint density at radius 2 is 1.84 bits per heavy atom. The quantitative estimate of drug-likeness (QED) is 0.345. The average molecular weight is 443 g/mol. The maximum Gasteiger partial charge on any atom is 0.232 e. The fraction of sp³-hybridized carbons (Fsp3) is 0.0769. The van der Waals surface area contributed by atoms with E-state index in [4.69, 9.17) is 26.2 Å². The lowest BCUT2D eigenvalue weighted by Crippen LogP contribution is -1.98. The molecule has 0 fully saturated rings. The maximum atomic E-state index is 12.9. The third-order valence-corrected chi connectivity index (χ3v) is 5.35. The van der Waals surface area contributed by atoms with Crippen molar-refractivity contribution in [2.45, 2.75) is 6.92 Å². The van der Waals surface area contributed by atoms with Crippen molar-refractivity contribution in [1.29, 1.82) is 0 Å². The summed E-state index contributed by atoms with van der Waals surface area (Å²) in [7, 11) is 0. The van der Waals surface area contributed by atoms with Gasteiger partial charge >= 0.3 is 0 Å². The van der Waals surface area contributed by atoms with Gasteiger partial charge in [-0.2, -0.15) is 5.10 Å². The maximum absolute atomic E-state index is 12.9. The van der Waals surface area contributed by atoms with Crippen LogP contribution in [-0.4, -0.2) is 22.2 Å². The number of benzene rings is 3. The first-order valence-corrected chi connectivity index (χ1v) is 10.6. The van der Waals surface area contributed by atoms with E-state index < -0.39 is 0 Å². The Kier molecular flexibility index (Phi) is 5.25. The second-order valence-corrected chi connectivity index (χ2v) is 7.69. The number of allylic oxidation sites excluding steroid dienone is 1. The molecule has 0 N–H and O–H groups in total. The first kappa shape index (κ1) is 20.1. The molecule has 0 radical (unpaired) electrons. The van der Waals surface area contributed by atoms with E-state index in [0.717, 1.165) is 28.3 Å². The van der Waals surface area contributed by atoms with E-state index in [9.17, 15) is 4.79 Å². The molecular weight excluding hydrogens is 424 g/mol. The molecule has 1 aliphatic rings. The van der Waals surface area contributed by atoms with Crippen molar-refractivity contribution in [1.82, 2.24) is 9.78 Å². The second kappa shape index (κ2) is 8.36. The topological polar surface area (TPSA) is 53.4 Å². The minimum absolute atomic E-state index is 0.201. The van der Waals surface area contributed by atoms with Gasteiger partial charge in [-0.05, 0) is 67.6 Å². The van der Waals surface area contributed by atoms with Gasteiger partial charge in [0.15, 0.2) is 5.76 Å². The first-order valence-electron chi connectivity index (χ1n) is 10.2. The fourth-order valence-corrected chi connectivity index (χ4v) is 3.78. The Hall–Kier alpha value is -3.83. The number of hydrogen-bond donors (Lipinski definition) is 0. The van der Waals surface area contributed by atoms with Crippen LogP contribution in [0.4, 0.5) is 0 Å². The van der Waals surface area contributed by atoms with Gasteiger partial charge in [-0.15, -0.1) is 0 Å². The van der Waals surface area contributed by atoms with Crippen molar-refractivity contribution in [3.05, 3.63) is 101 Å². The molecule has 2 heterocycles. The van der Waals surface area contributed by atoms with Gasteiger partial charge in [0.25, 0.3) is 0 Å². The highest BCUT2D eigenvalue weighted by molar-refractivity contribution is 6.31. The number of carbonyl (C=O) groups excluding carboxylic acids is 1. The lowest BCUT2D eigenvalue weighted by atomic mass is 10.1. The van der Waals surface area contributed by atoms with Crippen LogP contribution >= 0.6 is 11.6 Å². The summed E-state index contributed by atoms with van der Waals surface area (Å²) in [6.45, 7) is 2.55. The summed E-state index contributed by atoms with van der Waals surface area (Å²) in [5.41, 5.74) is 3.77. The Morgan fingerprint density at radius 3 is 2.59 bits per heavy atom. The van der Waals surface area contributed by atoms with Crippen molar-refractivity contribution in [2.75, 3.05) is 6.61 Å². The monoisotopic (exact) mass is 442 g/mol. The van der Waals surface area contributed by atoms with Crippen LogP contribution in [-0.2, 0) is 0 Å². The van der Waals surface area contributed by atoms with Crippen LogP contribution < -0.4 is 9.47 Å². The van der Waals surface area contributed by atoms with Gasteiger partial charge in [-0.25, -0.2) is 4.68 Å². The molecule has 3 aromatic carbocycles. The van der Waals surface area contributed by atoms with Crippen LogP contribution in [0, 0.1) is 0 Å². The lowest BCUT2D eigenvalue weighted by Gasteiger charge is -2.04. The molecule has 4 aromatic rings. The van der Waals surface area contributed by atoms with E-state index >= 15 is 0 Å². The standard InChI is InChI=1S/C26H19ClN2O3/c1-2-31-21-11-8-17(9-12-21)25-18(16-29(28-25)20-6-4-3-5-7-20)14-24-26(30)22-15-19(27)10-13-23(22)32-24/h3-16H,2H2,1H3/b24-14-. The molecule has 0 bridgehead atoms. The highest BCUT2D eigenvalue weighted by Gasteiger charge is 2.28. The summed E-state index contributed by atoms with van der Waals surface area (Å²) in [6, 6.07) is 22.6. The number of carbonyl (C=O) groups is 1. The lowest BCUT2D eigenvalue weighted by molar-refractivity contribution is 0.101. The van der Waals surface area contributed by atoms with Gasteiger partial charge in [0.2, 0.25) is 5.78 Å². The number of hydrogen-bond acceptors (Lipinski definition) is 4. The Morgan fingerprint density at radius 1 is 1.06 bits per heavy atom. The molecule has 1 aromatic heterocycles. The highest BCUT2D eigenvalue weighted by Crippen LogP contribution is 2.35. The highest BCUT2D eigenvalue weighted by atomic mass is 35.5. The zero-order valence-electron chi connectivity index (χ0n) is 17.3. The minimum Gasteiger partial charge on any atom is -0.494 e. The molecule has 0 amide bonds. The first-order chi connectivity index (χ1) is 15.6. The summed E-state index contributed by atoms with van der Waals surface area (Å²) in [4.78, 5) is 12.9. The Labute approximate surface area is 190 Å². The van der Waals surface area contributed by atoms with E-state index in [0.29, 0.717) is 22.9 Å². The zero-order chi connectivity index (χ0) is 22.1. The van der Waals surface area contributed by atoms with Gasteiger partial charge in [0.1, 0.15) is 17.2 Å². The van der Waals surface area contributed by atoms with E-state index in [1.54, 1.807) is 29.0 Å². The predicted molar refractivity (Wildman–Crippen MR) is 125 cm³/mol. The second-order valence-electron chi connectivity index (χ2n) is 7.25. The van der Waals surface area contributed by atoms with Gasteiger partial charge in [0, 0.05) is 22.3 Å². The molecule has 0 aliphatic carbocycles. The average Bonchev–Trinajstić information content (AvgIpc) is 3.37. The smallest absolute Gasteiger partial charge is 0.232 e. The zero-order valence-corrected chi connectivity index (χ0v) is 18.0. The van der Waals surface area contributed by atoms with Crippen LogP contribution in [0.3, 0.4) is 0 Å². The van der Waals surface area contributed by atoms with Crippen molar-refractivity contribution >= 4 is 23.5 Å². The molecule has 5 rings (SSSR count). The number of fused-ring (bicyclic) bond motifs is 1. The number of rotatable bonds is 5. The van der Waals surface area contributed by atoms with Gasteiger partial charge in [0.05, 0.1) is 17.9 Å². The summed E-state index contributed by atoms with van der Waals surface area (Å²) >= 11 is 6.06. The van der Waals surface area contributed by atoms with Gasteiger partial charge in [-0.1, -0.05) is 29.8 Å². The summed E-state index contributed by atoms with van der Waals surface area (Å²) in [6.07, 6.45) is 3.62. The third kappa shape index (κ3) is 3.79. The number of ketones is 1. The number of nitrogens with zero attached hydrogens (tertiary/aromatic N) is 2. The largest absolute Gasteiger partial charge is 0.494 e. The molecular formula is C26H19ClN2O3. The third-order valence-electron chi connectivity index (χ3n) is 5.12. The predicted octanol–water partition coefficient (Wildman–Crippen LogP) is 6.21. The van der Waals surface area contributed by atoms with E-state index in [-0.39, 0.29) is 11.5 Å². The van der Waals surface area contributed by atoms with Crippen LogP contribution in [0.15, 0.2) is 84.8 Å². The fourth-order valence-electron chi connectivity index (χ4n) is 3.61. The van der Waals surface area contributed by atoms with Crippen LogP contribution in [0.2, 0.25) is 5.02 Å². The minimum atomic E-state index is -0.201. The van der Waals surface area contributed by atoms with E-state index in [1.165, 1.54) is 0 Å². The molecule has 0 saturated carbocycles. The molecule has 158 valence electrons. The summed E-state index contributed by atoms with van der Waals surface area (Å²) < 4.78 is 13.2. The van der Waals surface area contributed by atoms with Gasteiger partial charge < -0.3 is 9.47 Å².